The largest absolute Gasteiger partial charge is 0.514 e. The number of nitrogen functional groups attached to an aromatic ring is 4. The number of amides is 2. The van der Waals surface area contributed by atoms with E-state index in [0.717, 1.165) is 191 Å². The van der Waals surface area contributed by atoms with Crippen molar-refractivity contribution in [2.75, 3.05) is 113 Å². The second-order valence-corrected chi connectivity index (χ2v) is 34.2. The van der Waals surface area contributed by atoms with Crippen LogP contribution in [0.4, 0.5) is 45.0 Å². The number of nitrogens with two attached hydrogens (primary N) is 4. The molecule has 0 bridgehead atoms. The molecule has 15 rings (SSSR count). The first-order valence-electron chi connectivity index (χ1n) is 40.0. The van der Waals surface area contributed by atoms with Crippen LogP contribution in [0.25, 0.3) is 34.2 Å². The molecule has 35 nitrogen and oxygen atoms in total. The van der Waals surface area contributed by atoms with Gasteiger partial charge in [-0.3, -0.25) is 5.10 Å². The molecule has 8 aromatic heterocycles. The Morgan fingerprint density at radius 3 is 1.42 bits per heavy atom. The SMILES string of the molecule is CN(C(=O)OC(C)(C)C)[C@@H]1CCNC1.CN[C@@H]1CCN(c2cc(-c3[nH]ncc3C)nc(N)n2)C1.Cc1cnn(C2CCCCO2)c1-c1cc(Cl)nc(N)n1.Cc1cnn(C2CCCCO2)c1-c1cc(N2CC[C@@H](N(C)C(=O)OC(C)(C)C)C2)nc(N)n1.Cc1cnn(C2CCCCO2)c1B1OC(C)(C)C(C)(C)O1.Nc1nc(Cl)cc(Cl)n1. The Labute approximate surface area is 700 Å². The van der Waals surface area contributed by atoms with Crippen molar-refractivity contribution in [2.24, 2.45) is 0 Å². The zero-order valence-electron chi connectivity index (χ0n) is 70.6. The van der Waals surface area contributed by atoms with Gasteiger partial charge in [-0.25, -0.2) is 53.5 Å². The Morgan fingerprint density at radius 1 is 0.538 bits per heavy atom. The maximum absolute atomic E-state index is 12.5. The van der Waals surface area contributed by atoms with E-state index < -0.39 is 11.2 Å². The highest BCUT2D eigenvalue weighted by atomic mass is 35.5. The molecule has 0 aromatic carbocycles. The van der Waals surface area contributed by atoms with Crippen LogP contribution in [0.3, 0.4) is 0 Å². The monoisotopic (exact) mass is 1680 g/mol. The highest BCUT2D eigenvalue weighted by molar-refractivity contribution is 6.61. The lowest BCUT2D eigenvalue weighted by molar-refractivity contribution is -0.0385. The van der Waals surface area contributed by atoms with Crippen molar-refractivity contribution < 1.29 is 42.6 Å². The Hall–Kier alpha value is -8.85. The number of hydrogen-bond donors (Lipinski definition) is 7. The van der Waals surface area contributed by atoms with E-state index in [-0.39, 0.29) is 89.4 Å². The van der Waals surface area contributed by atoms with Crippen molar-refractivity contribution in [3.05, 3.63) is 86.8 Å². The van der Waals surface area contributed by atoms with Crippen LogP contribution in [0, 0.1) is 27.7 Å². The summed E-state index contributed by atoms with van der Waals surface area (Å²) in [5.41, 5.74) is 31.2. The van der Waals surface area contributed by atoms with Crippen molar-refractivity contribution in [1.29, 1.82) is 0 Å². The van der Waals surface area contributed by atoms with Gasteiger partial charge < -0.3 is 86.2 Å². The zero-order valence-corrected chi connectivity index (χ0v) is 72.9. The number of H-pyrrole nitrogens is 1. The minimum atomic E-state index is -0.525. The molecular weight excluding hydrogens is 1560 g/mol. The first-order valence-corrected chi connectivity index (χ1v) is 41.2. The van der Waals surface area contributed by atoms with E-state index in [9.17, 15) is 9.59 Å². The van der Waals surface area contributed by atoms with E-state index >= 15 is 0 Å². The summed E-state index contributed by atoms with van der Waals surface area (Å²) in [5, 5.41) is 27.9. The molecule has 7 fully saturated rings. The maximum atomic E-state index is 12.5. The number of halogens is 3. The number of nitrogens with one attached hydrogen (secondary N) is 3. The van der Waals surface area contributed by atoms with Gasteiger partial charge in [0, 0.05) is 103 Å². The summed E-state index contributed by atoms with van der Waals surface area (Å²) in [4.78, 5) is 64.8. The third-order valence-corrected chi connectivity index (χ3v) is 21.6. The van der Waals surface area contributed by atoms with Crippen molar-refractivity contribution in [2.45, 2.75) is 233 Å². The third-order valence-electron chi connectivity index (χ3n) is 21.1. The van der Waals surface area contributed by atoms with Gasteiger partial charge >= 0.3 is 19.3 Å². The number of likely N-dealkylation sites (N-methyl/N-ethyl adjacent to an activating group) is 3. The van der Waals surface area contributed by atoms with Crippen LogP contribution in [0.5, 0.6) is 0 Å². The fourth-order valence-corrected chi connectivity index (χ4v) is 14.7. The summed E-state index contributed by atoms with van der Waals surface area (Å²) < 4.78 is 46.5. The van der Waals surface area contributed by atoms with Crippen LogP contribution in [-0.4, -0.2) is 229 Å². The molecule has 2 amide bonds. The summed E-state index contributed by atoms with van der Waals surface area (Å²) in [6.07, 6.45) is 19.1. The number of aromatic nitrogens is 16. The predicted molar refractivity (Wildman–Crippen MR) is 454 cm³/mol. The summed E-state index contributed by atoms with van der Waals surface area (Å²) in [7, 11) is 5.19. The number of nitrogens with zero attached hydrogens (tertiary/aromatic N) is 19. The van der Waals surface area contributed by atoms with Gasteiger partial charge in [0.25, 0.3) is 0 Å². The fraction of sp³-hybridized carbons (Fsp3) is 0.615. The maximum Gasteiger partial charge on any atom is 0.514 e. The van der Waals surface area contributed by atoms with Gasteiger partial charge in [-0.2, -0.15) is 30.4 Å². The van der Waals surface area contributed by atoms with Gasteiger partial charge in [0.05, 0.1) is 81.8 Å². The Bertz CT molecular complexity index is 4500. The van der Waals surface area contributed by atoms with E-state index in [1.165, 1.54) is 12.5 Å². The molecule has 15 heterocycles. The predicted octanol–water partition coefficient (Wildman–Crippen LogP) is 11.3. The van der Waals surface area contributed by atoms with Gasteiger partial charge in [-0.15, -0.1) is 0 Å². The molecule has 0 saturated carbocycles. The first-order chi connectivity index (χ1) is 55.3. The number of anilines is 6. The molecule has 117 heavy (non-hydrogen) atoms. The van der Waals surface area contributed by atoms with Gasteiger partial charge in [0.2, 0.25) is 23.8 Å². The standard InChI is InChI=1S/C23H35N7O3.C15H25BN2O3.C13H16ClN5O.C13H19N7.C10H20N2O2.C4H3Cl2N3/c1-15-13-25-30(19-8-6-7-11-32-19)20(15)17-12-18(27-21(24)26-17)29-10-9-16(14-29)28(5)22(31)33-23(2,3)4;1-11-10-17-18(12-8-6-7-9-19-12)13(11)16-20-14(2,3)15(4,5)21-16;1-8-7-16-19(11-4-2-3-5-20-11)12(8)9-6-10(14)18-13(15)17-9;1-8-6-16-19-12(8)10-5-11(18-13(14)17-10)20-4-3-9(7-20)15-2;1-10(2,3)14-9(13)12(4)8-5-6-11-7-8;5-2-1-3(6)9-4(7)8-2/h12-13,16,19H,6-11,14H2,1-5H3,(H2,24,26,27);10,12H,6-9H2,1-5H3;6-7,11H,2-5H2,1H3,(H2,15,17,18);5-6,9,15H,3-4,7H2,1-2H3,(H,16,19)(H2,14,17,18);8,11H,5-7H2,1-4H3;1H,(H2,7,8,9)/t16-,19?;;;9-;8-;/m1..11./s1. The number of ether oxygens (including phenoxy) is 5. The molecule has 0 radical (unpaired) electrons. The normalized spacial score (nSPS) is 20.9. The number of rotatable bonds is 12. The molecule has 3 unspecified atom stereocenters. The lowest BCUT2D eigenvalue weighted by Crippen LogP contribution is -2.43. The molecule has 6 atom stereocenters. The summed E-state index contributed by atoms with van der Waals surface area (Å²) >= 11 is 16.8. The average Bonchev–Trinajstić information content (AvgIpc) is 1.59. The Kier molecular flexibility index (Phi) is 30.8. The highest BCUT2D eigenvalue weighted by Crippen LogP contribution is 2.39. The Morgan fingerprint density at radius 2 is 0.974 bits per heavy atom. The smallest absolute Gasteiger partial charge is 0.444 e. The van der Waals surface area contributed by atoms with Crippen molar-refractivity contribution in [1.82, 2.24) is 99.8 Å². The van der Waals surface area contributed by atoms with Gasteiger partial charge in [0.1, 0.15) is 44.5 Å². The van der Waals surface area contributed by atoms with Gasteiger partial charge in [-0.05, 0) is 210 Å². The van der Waals surface area contributed by atoms with E-state index in [4.69, 9.17) is 90.7 Å². The molecule has 8 aromatic rings. The molecule has 39 heteroatoms. The Balaban J connectivity index is 0.000000154. The summed E-state index contributed by atoms with van der Waals surface area (Å²) in [5.74, 6) is 2.37. The highest BCUT2D eigenvalue weighted by Gasteiger charge is 2.54. The molecule has 11 N–H and O–H groups in total. The van der Waals surface area contributed by atoms with Gasteiger partial charge in [0.15, 0.2) is 12.5 Å². The van der Waals surface area contributed by atoms with Crippen molar-refractivity contribution >= 4 is 95.1 Å². The summed E-state index contributed by atoms with van der Waals surface area (Å²) in [6.45, 7) is 35.0. The molecular formula is C78H118BCl3N26O9. The number of aromatic amines is 1. The lowest BCUT2D eigenvalue weighted by atomic mass is 9.82. The van der Waals surface area contributed by atoms with Crippen LogP contribution in [0.2, 0.25) is 15.5 Å². The molecule has 0 aliphatic carbocycles. The number of aryl methyl sites for hydroxylation is 4. The van der Waals surface area contributed by atoms with E-state index in [2.05, 4.69) is 113 Å². The van der Waals surface area contributed by atoms with Crippen LogP contribution in [0.15, 0.2) is 49.1 Å². The minimum Gasteiger partial charge on any atom is -0.444 e. The van der Waals surface area contributed by atoms with Crippen LogP contribution in [0.1, 0.15) is 187 Å². The van der Waals surface area contributed by atoms with Crippen molar-refractivity contribution in [3.63, 3.8) is 0 Å². The summed E-state index contributed by atoms with van der Waals surface area (Å²) in [6, 6.07) is 7.85. The zero-order chi connectivity index (χ0) is 84.8. The topological polar surface area (TPSA) is 425 Å². The quantitative estimate of drug-likeness (QED) is 0.0441. The minimum absolute atomic E-state index is 0.00137. The second kappa shape index (κ2) is 39.8. The van der Waals surface area contributed by atoms with E-state index in [1.807, 2.05) is 115 Å². The lowest BCUT2D eigenvalue weighted by Gasteiger charge is -2.32. The molecule has 7 aliphatic rings. The molecule has 7 saturated heterocycles. The van der Waals surface area contributed by atoms with Gasteiger partial charge in [-0.1, -0.05) is 34.8 Å². The number of carbonyl (C=O) groups excluding carboxylic acids is 2. The molecule has 638 valence electrons. The fourth-order valence-electron chi connectivity index (χ4n) is 14.1. The number of carbonyl (C=O) groups is 2. The number of hydrogen-bond acceptors (Lipinski definition) is 29. The first kappa shape index (κ1) is 90.5. The second-order valence-electron chi connectivity index (χ2n) is 33.1. The van der Waals surface area contributed by atoms with Crippen LogP contribution < -0.4 is 49.0 Å². The van der Waals surface area contributed by atoms with E-state index in [0.29, 0.717) is 29.4 Å². The van der Waals surface area contributed by atoms with Crippen LogP contribution in [-0.2, 0) is 33.0 Å². The molecule has 0 spiro atoms. The molecule has 7 aliphatic heterocycles. The average molecular weight is 1680 g/mol. The van der Waals surface area contributed by atoms with Crippen molar-refractivity contribution in [3.8, 4) is 34.2 Å². The van der Waals surface area contributed by atoms with Crippen LogP contribution >= 0.6 is 34.8 Å². The van der Waals surface area contributed by atoms with E-state index in [1.54, 1.807) is 42.4 Å². The third kappa shape index (κ3) is 24.4.